The van der Waals surface area contributed by atoms with Gasteiger partial charge in [0.05, 0.1) is 11.6 Å². The molecule has 78 valence electrons. The summed E-state index contributed by atoms with van der Waals surface area (Å²) in [5, 5.41) is 1.46. The topological polar surface area (TPSA) is 0 Å². The molecule has 0 radical (unpaired) electrons. The molecule has 0 bridgehead atoms. The van der Waals surface area contributed by atoms with Crippen molar-refractivity contribution in [1.82, 2.24) is 0 Å². The van der Waals surface area contributed by atoms with Crippen molar-refractivity contribution in [1.29, 1.82) is 0 Å². The van der Waals surface area contributed by atoms with Crippen molar-refractivity contribution < 1.29 is 0 Å². The Morgan fingerprint density at radius 2 is 1.64 bits per heavy atom. The molecule has 0 spiro atoms. The zero-order valence-electron chi connectivity index (χ0n) is 9.71. The van der Waals surface area contributed by atoms with Crippen LogP contribution in [0.4, 0.5) is 0 Å². The summed E-state index contributed by atoms with van der Waals surface area (Å²) in [5.41, 5.74) is 1.50. The van der Waals surface area contributed by atoms with Crippen molar-refractivity contribution in [2.24, 2.45) is 0 Å². The maximum Gasteiger partial charge on any atom is 0.132 e. The summed E-state index contributed by atoms with van der Waals surface area (Å²) >= 11 is 0. The van der Waals surface area contributed by atoms with Crippen molar-refractivity contribution in [3.05, 3.63) is 35.9 Å². The average molecular weight is 225 g/mol. The van der Waals surface area contributed by atoms with Crippen LogP contribution in [0.5, 0.6) is 0 Å². The molecular formula is C12H21SSi+. The van der Waals surface area contributed by atoms with Gasteiger partial charge >= 0.3 is 0 Å². The Kier molecular flexibility index (Phi) is 4.26. The van der Waals surface area contributed by atoms with E-state index in [4.69, 9.17) is 0 Å². The Hall–Kier alpha value is -0.213. The SMILES string of the molecule is C[S+](Cc1ccccc1)C[Si](C)(C)C. The van der Waals surface area contributed by atoms with Crippen LogP contribution in [0.3, 0.4) is 0 Å². The van der Waals surface area contributed by atoms with Gasteiger partial charge in [-0.05, 0) is 10.9 Å². The highest BCUT2D eigenvalue weighted by molar-refractivity contribution is 7.97. The summed E-state index contributed by atoms with van der Waals surface area (Å²) in [6.45, 7) is 7.38. The van der Waals surface area contributed by atoms with Gasteiger partial charge in [0.25, 0.3) is 0 Å². The fourth-order valence-corrected chi connectivity index (χ4v) is 8.73. The molecule has 0 aliphatic rings. The first-order chi connectivity index (χ1) is 6.47. The van der Waals surface area contributed by atoms with Crippen LogP contribution in [-0.2, 0) is 16.6 Å². The van der Waals surface area contributed by atoms with Gasteiger partial charge in [0.15, 0.2) is 0 Å². The van der Waals surface area contributed by atoms with E-state index in [9.17, 15) is 0 Å². The van der Waals surface area contributed by atoms with Crippen LogP contribution in [-0.4, -0.2) is 19.7 Å². The summed E-state index contributed by atoms with van der Waals surface area (Å²) in [6.07, 6.45) is 2.41. The Bertz CT molecular complexity index is 263. The van der Waals surface area contributed by atoms with Crippen LogP contribution in [0.15, 0.2) is 30.3 Å². The lowest BCUT2D eigenvalue weighted by molar-refractivity contribution is 1.40. The second-order valence-corrected chi connectivity index (χ2v) is 13.2. The smallest absolute Gasteiger partial charge is 0.0653 e. The van der Waals surface area contributed by atoms with Gasteiger partial charge in [-0.2, -0.15) is 0 Å². The second-order valence-electron chi connectivity index (χ2n) is 5.12. The van der Waals surface area contributed by atoms with Crippen LogP contribution in [0.2, 0.25) is 19.6 Å². The highest BCUT2D eigenvalue weighted by Crippen LogP contribution is 2.11. The fraction of sp³-hybridized carbons (Fsp3) is 0.500. The van der Waals surface area contributed by atoms with Crippen LogP contribution in [0, 0.1) is 0 Å². The molecule has 0 amide bonds. The van der Waals surface area contributed by atoms with E-state index in [1.54, 1.807) is 0 Å². The molecule has 0 saturated heterocycles. The number of hydrogen-bond donors (Lipinski definition) is 0. The Morgan fingerprint density at radius 1 is 1.07 bits per heavy atom. The average Bonchev–Trinajstić information content (AvgIpc) is 2.02. The van der Waals surface area contributed by atoms with Crippen molar-refractivity contribution in [2.75, 3.05) is 11.6 Å². The van der Waals surface area contributed by atoms with E-state index in [0.29, 0.717) is 10.9 Å². The summed E-state index contributed by atoms with van der Waals surface area (Å²) in [5.74, 6) is 1.27. The molecular weight excluding hydrogens is 204 g/mol. The molecule has 0 aliphatic heterocycles. The third kappa shape index (κ3) is 4.87. The maximum absolute atomic E-state index is 2.46. The summed E-state index contributed by atoms with van der Waals surface area (Å²) in [4.78, 5) is 0. The lowest BCUT2D eigenvalue weighted by Gasteiger charge is -2.14. The third-order valence-electron chi connectivity index (χ3n) is 1.94. The first-order valence-electron chi connectivity index (χ1n) is 5.10. The van der Waals surface area contributed by atoms with E-state index >= 15 is 0 Å². The minimum Gasteiger partial charge on any atom is -0.0653 e. The van der Waals surface area contributed by atoms with Crippen LogP contribution in [0.1, 0.15) is 5.56 Å². The predicted molar refractivity (Wildman–Crippen MR) is 71.6 cm³/mol. The van der Waals surface area contributed by atoms with Crippen molar-refractivity contribution in [2.45, 2.75) is 25.4 Å². The first kappa shape index (κ1) is 11.9. The van der Waals surface area contributed by atoms with E-state index in [1.807, 2.05) is 0 Å². The van der Waals surface area contributed by atoms with Crippen LogP contribution >= 0.6 is 0 Å². The van der Waals surface area contributed by atoms with Gasteiger partial charge in [0.1, 0.15) is 13.8 Å². The highest BCUT2D eigenvalue weighted by Gasteiger charge is 2.24. The normalized spacial score (nSPS) is 14.0. The molecule has 0 aliphatic carbocycles. The molecule has 0 N–H and O–H groups in total. The molecule has 1 atom stereocenters. The predicted octanol–water partition coefficient (Wildman–Crippen LogP) is 3.31. The fourth-order valence-electron chi connectivity index (χ4n) is 1.65. The summed E-state index contributed by atoms with van der Waals surface area (Å²) < 4.78 is 0. The minimum absolute atomic E-state index is 0.571. The number of hydrogen-bond acceptors (Lipinski definition) is 0. The van der Waals surface area contributed by atoms with Gasteiger partial charge in [-0.15, -0.1) is 0 Å². The lowest BCUT2D eigenvalue weighted by atomic mass is 10.2. The zero-order chi connectivity index (χ0) is 10.6. The van der Waals surface area contributed by atoms with Gasteiger partial charge in [-0.3, -0.25) is 0 Å². The first-order valence-corrected chi connectivity index (χ1v) is 10.8. The lowest BCUT2D eigenvalue weighted by Crippen LogP contribution is -2.32. The van der Waals surface area contributed by atoms with Gasteiger partial charge in [0, 0.05) is 5.56 Å². The quantitative estimate of drug-likeness (QED) is 0.545. The van der Waals surface area contributed by atoms with E-state index in [-0.39, 0.29) is 0 Å². The van der Waals surface area contributed by atoms with Crippen LogP contribution in [0.25, 0.3) is 0 Å². The van der Waals surface area contributed by atoms with Gasteiger partial charge in [-0.1, -0.05) is 50.0 Å². The van der Waals surface area contributed by atoms with Crippen molar-refractivity contribution in [3.63, 3.8) is 0 Å². The van der Waals surface area contributed by atoms with Crippen LogP contribution < -0.4 is 0 Å². The minimum atomic E-state index is -0.862. The second kappa shape index (κ2) is 5.03. The van der Waals surface area contributed by atoms with E-state index in [1.165, 1.54) is 16.7 Å². The van der Waals surface area contributed by atoms with Crippen molar-refractivity contribution in [3.8, 4) is 0 Å². The largest absolute Gasteiger partial charge is 0.132 e. The Labute approximate surface area is 92.1 Å². The number of rotatable bonds is 4. The molecule has 0 aromatic heterocycles. The van der Waals surface area contributed by atoms with E-state index < -0.39 is 8.07 Å². The summed E-state index contributed by atoms with van der Waals surface area (Å²) in [7, 11) is -0.291. The molecule has 1 aromatic carbocycles. The molecule has 0 heterocycles. The van der Waals surface area contributed by atoms with E-state index in [0.717, 1.165) is 0 Å². The molecule has 0 saturated carbocycles. The standard InChI is InChI=1S/C12H21SSi/c1-13(11-14(2,3)4)10-12-8-6-5-7-9-12/h5-9H,10-11H2,1-4H3/q+1. The van der Waals surface area contributed by atoms with Gasteiger partial charge < -0.3 is 0 Å². The number of benzene rings is 1. The highest BCUT2D eigenvalue weighted by atomic mass is 32.2. The zero-order valence-corrected chi connectivity index (χ0v) is 11.5. The van der Waals surface area contributed by atoms with E-state index in [2.05, 4.69) is 56.2 Å². The van der Waals surface area contributed by atoms with Crippen molar-refractivity contribution >= 4 is 19.0 Å². The monoisotopic (exact) mass is 225 g/mol. The van der Waals surface area contributed by atoms with Gasteiger partial charge in [-0.25, -0.2) is 0 Å². The molecule has 14 heavy (non-hydrogen) atoms. The maximum atomic E-state index is 2.46. The molecule has 0 fully saturated rings. The molecule has 1 rings (SSSR count). The Balaban J connectivity index is 2.46. The molecule has 0 nitrogen and oxygen atoms in total. The third-order valence-corrected chi connectivity index (χ3v) is 8.20. The molecule has 2 heteroatoms. The molecule has 1 unspecified atom stereocenters. The molecule has 1 aromatic rings. The Morgan fingerprint density at radius 3 is 2.14 bits per heavy atom. The van der Waals surface area contributed by atoms with Gasteiger partial charge in [0.2, 0.25) is 0 Å². The summed E-state index contributed by atoms with van der Waals surface area (Å²) in [6, 6.07) is 10.9.